The molecule has 2 aromatic heterocycles. The van der Waals surface area contributed by atoms with Crippen molar-refractivity contribution in [2.75, 3.05) is 6.54 Å². The molecule has 1 aliphatic carbocycles. The van der Waals surface area contributed by atoms with E-state index in [2.05, 4.69) is 9.97 Å². The molecule has 0 radical (unpaired) electrons. The molecule has 1 aliphatic heterocycles. The number of hydrogen-bond acceptors (Lipinski definition) is 4. The van der Waals surface area contributed by atoms with E-state index in [9.17, 15) is 14.0 Å². The summed E-state index contributed by atoms with van der Waals surface area (Å²) in [6.07, 6.45) is 5.72. The number of aromatic amines is 1. The highest BCUT2D eigenvalue weighted by Crippen LogP contribution is 2.32. The SMILES string of the molecule is O=C(c1cc2c([nH]c1=O)CCCCC2)N1CCc2nc(-c3cccc(F)c3)sc2C1. The Morgan fingerprint density at radius 3 is 2.87 bits per heavy atom. The Hall–Kier alpha value is -2.80. The fraction of sp³-hybridized carbons (Fsp3) is 0.348. The second-order valence-electron chi connectivity index (χ2n) is 7.95. The van der Waals surface area contributed by atoms with E-state index in [1.807, 2.05) is 12.1 Å². The van der Waals surface area contributed by atoms with Gasteiger partial charge in [-0.05, 0) is 49.4 Å². The second kappa shape index (κ2) is 7.80. The lowest BCUT2D eigenvalue weighted by molar-refractivity contribution is 0.0734. The molecule has 1 N–H and O–H groups in total. The molecule has 0 saturated heterocycles. The van der Waals surface area contributed by atoms with Crippen LogP contribution in [0.2, 0.25) is 0 Å². The zero-order chi connectivity index (χ0) is 20.7. The first-order chi connectivity index (χ1) is 14.6. The van der Waals surface area contributed by atoms with Gasteiger partial charge in [0.15, 0.2) is 0 Å². The number of nitrogens with zero attached hydrogens (tertiary/aromatic N) is 2. The first-order valence-electron chi connectivity index (χ1n) is 10.4. The topological polar surface area (TPSA) is 66.1 Å². The molecule has 154 valence electrons. The molecular weight excluding hydrogens is 401 g/mol. The van der Waals surface area contributed by atoms with Gasteiger partial charge in [-0.3, -0.25) is 9.59 Å². The number of H-pyrrole nitrogens is 1. The summed E-state index contributed by atoms with van der Waals surface area (Å²) in [5.41, 5.74) is 3.72. The molecule has 30 heavy (non-hydrogen) atoms. The minimum absolute atomic E-state index is 0.227. The van der Waals surface area contributed by atoms with Crippen LogP contribution in [-0.2, 0) is 25.8 Å². The average molecular weight is 424 g/mol. The summed E-state index contributed by atoms with van der Waals surface area (Å²) in [6.45, 7) is 0.951. The highest BCUT2D eigenvalue weighted by molar-refractivity contribution is 7.15. The van der Waals surface area contributed by atoms with Crippen molar-refractivity contribution in [1.29, 1.82) is 0 Å². The lowest BCUT2D eigenvalue weighted by Crippen LogP contribution is -2.38. The van der Waals surface area contributed by atoms with E-state index < -0.39 is 0 Å². The number of rotatable bonds is 2. The van der Waals surface area contributed by atoms with Gasteiger partial charge in [-0.2, -0.15) is 0 Å². The number of hydrogen-bond donors (Lipinski definition) is 1. The van der Waals surface area contributed by atoms with Crippen LogP contribution < -0.4 is 5.56 Å². The zero-order valence-electron chi connectivity index (χ0n) is 16.5. The van der Waals surface area contributed by atoms with Crippen LogP contribution in [0.15, 0.2) is 35.1 Å². The normalized spacial score (nSPS) is 16.0. The van der Waals surface area contributed by atoms with Gasteiger partial charge >= 0.3 is 0 Å². The predicted molar refractivity (Wildman–Crippen MR) is 114 cm³/mol. The van der Waals surface area contributed by atoms with Crippen molar-refractivity contribution in [3.05, 3.63) is 73.9 Å². The van der Waals surface area contributed by atoms with E-state index in [-0.39, 0.29) is 22.8 Å². The van der Waals surface area contributed by atoms with Crippen LogP contribution in [-0.4, -0.2) is 27.3 Å². The number of amides is 1. The maximum atomic E-state index is 13.6. The molecule has 1 amide bonds. The average Bonchev–Trinajstić information content (AvgIpc) is 3.04. The Labute approximate surface area is 177 Å². The van der Waals surface area contributed by atoms with Gasteiger partial charge in [0.05, 0.1) is 12.2 Å². The van der Waals surface area contributed by atoms with E-state index in [0.717, 1.165) is 64.5 Å². The van der Waals surface area contributed by atoms with E-state index in [0.29, 0.717) is 19.5 Å². The van der Waals surface area contributed by atoms with Gasteiger partial charge in [0.2, 0.25) is 0 Å². The number of aromatic nitrogens is 2. The van der Waals surface area contributed by atoms with Crippen molar-refractivity contribution < 1.29 is 9.18 Å². The molecule has 3 heterocycles. The third-order valence-corrected chi connectivity index (χ3v) is 7.04. The molecule has 5 rings (SSSR count). The number of carbonyl (C=O) groups excluding carboxylic acids is 1. The Kier molecular flexibility index (Phi) is 4.98. The second-order valence-corrected chi connectivity index (χ2v) is 9.04. The third-order valence-electron chi connectivity index (χ3n) is 5.91. The van der Waals surface area contributed by atoms with Gasteiger partial charge in [0.1, 0.15) is 16.4 Å². The lowest BCUT2D eigenvalue weighted by Gasteiger charge is -2.26. The predicted octanol–water partition coefficient (Wildman–Crippen LogP) is 4.10. The molecular formula is C23H22FN3O2S. The van der Waals surface area contributed by atoms with Crippen LogP contribution in [0, 0.1) is 5.82 Å². The van der Waals surface area contributed by atoms with Gasteiger partial charge in [0.25, 0.3) is 11.5 Å². The number of benzene rings is 1. The molecule has 0 spiro atoms. The fourth-order valence-electron chi connectivity index (χ4n) is 4.29. The van der Waals surface area contributed by atoms with Crippen molar-refractivity contribution in [2.24, 2.45) is 0 Å². The molecule has 2 aliphatic rings. The van der Waals surface area contributed by atoms with Crippen LogP contribution >= 0.6 is 11.3 Å². The Balaban J connectivity index is 1.40. The van der Waals surface area contributed by atoms with E-state index in [4.69, 9.17) is 0 Å². The minimum atomic E-state index is -0.295. The van der Waals surface area contributed by atoms with Gasteiger partial charge in [-0.1, -0.05) is 18.6 Å². The quantitative estimate of drug-likeness (QED) is 0.631. The smallest absolute Gasteiger partial charge is 0.261 e. The number of carbonyl (C=O) groups is 1. The van der Waals surface area contributed by atoms with Gasteiger partial charge in [0, 0.05) is 29.1 Å². The zero-order valence-corrected chi connectivity index (χ0v) is 17.4. The molecule has 0 unspecified atom stereocenters. The van der Waals surface area contributed by atoms with Crippen molar-refractivity contribution >= 4 is 17.2 Å². The molecule has 7 heteroatoms. The molecule has 0 saturated carbocycles. The summed E-state index contributed by atoms with van der Waals surface area (Å²) < 4.78 is 13.6. The number of nitrogens with one attached hydrogen (secondary N) is 1. The van der Waals surface area contributed by atoms with E-state index >= 15 is 0 Å². The van der Waals surface area contributed by atoms with Crippen molar-refractivity contribution in [1.82, 2.24) is 14.9 Å². The van der Waals surface area contributed by atoms with Gasteiger partial charge < -0.3 is 9.88 Å². The Bertz CT molecular complexity index is 1180. The number of fused-ring (bicyclic) bond motifs is 2. The molecule has 1 aromatic carbocycles. The van der Waals surface area contributed by atoms with Crippen LogP contribution in [0.1, 0.15) is 51.4 Å². The standard InChI is InChI=1S/C23H22FN3O2S/c24-16-7-4-6-15(11-16)22-26-19-9-10-27(13-20(19)30-22)23(29)17-12-14-5-2-1-3-8-18(14)25-21(17)28/h4,6-7,11-12H,1-3,5,8-10,13H2,(H,25,28). The van der Waals surface area contributed by atoms with E-state index in [1.54, 1.807) is 11.0 Å². The Morgan fingerprint density at radius 2 is 2.00 bits per heavy atom. The highest BCUT2D eigenvalue weighted by Gasteiger charge is 2.27. The lowest BCUT2D eigenvalue weighted by atomic mass is 10.0. The number of pyridine rings is 1. The van der Waals surface area contributed by atoms with E-state index in [1.165, 1.54) is 23.5 Å². The van der Waals surface area contributed by atoms with Crippen LogP contribution in [0.5, 0.6) is 0 Å². The van der Waals surface area contributed by atoms with Gasteiger partial charge in [-0.15, -0.1) is 11.3 Å². The first-order valence-corrected chi connectivity index (χ1v) is 11.2. The fourth-order valence-corrected chi connectivity index (χ4v) is 5.41. The first kappa shape index (κ1) is 19.2. The summed E-state index contributed by atoms with van der Waals surface area (Å²) in [7, 11) is 0. The van der Waals surface area contributed by atoms with Crippen LogP contribution in [0.3, 0.4) is 0 Å². The number of aryl methyl sites for hydroxylation is 2. The maximum Gasteiger partial charge on any atom is 0.261 e. The third kappa shape index (κ3) is 3.58. The molecule has 5 nitrogen and oxygen atoms in total. The Morgan fingerprint density at radius 1 is 1.13 bits per heavy atom. The summed E-state index contributed by atoms with van der Waals surface area (Å²) in [5.74, 6) is -0.519. The maximum absolute atomic E-state index is 13.6. The highest BCUT2D eigenvalue weighted by atomic mass is 32.1. The summed E-state index contributed by atoms with van der Waals surface area (Å²) in [4.78, 5) is 36.1. The molecule has 0 bridgehead atoms. The van der Waals surface area contributed by atoms with Crippen molar-refractivity contribution in [2.45, 2.75) is 45.1 Å². The molecule has 0 atom stereocenters. The van der Waals surface area contributed by atoms with Crippen molar-refractivity contribution in [3.63, 3.8) is 0 Å². The molecule has 3 aromatic rings. The van der Waals surface area contributed by atoms with Gasteiger partial charge in [-0.25, -0.2) is 9.37 Å². The largest absolute Gasteiger partial charge is 0.333 e. The summed E-state index contributed by atoms with van der Waals surface area (Å²) >= 11 is 1.49. The monoisotopic (exact) mass is 423 g/mol. The summed E-state index contributed by atoms with van der Waals surface area (Å²) in [5, 5.41) is 0.761. The van der Waals surface area contributed by atoms with Crippen molar-refractivity contribution in [3.8, 4) is 10.6 Å². The summed E-state index contributed by atoms with van der Waals surface area (Å²) in [6, 6.07) is 8.21. The number of thiazole rings is 1. The van der Waals surface area contributed by atoms with Crippen LogP contribution in [0.4, 0.5) is 4.39 Å². The minimum Gasteiger partial charge on any atom is -0.333 e. The molecule has 0 fully saturated rings. The number of halogens is 1. The van der Waals surface area contributed by atoms with Crippen LogP contribution in [0.25, 0.3) is 10.6 Å².